The summed E-state index contributed by atoms with van der Waals surface area (Å²) in [4.78, 5) is 36.5. The highest BCUT2D eigenvalue weighted by atomic mass is 79.9. The molecule has 5 nitrogen and oxygen atoms in total. The molecule has 0 aliphatic rings. The Balaban J connectivity index is 1.97. The number of hydrogen-bond acceptors (Lipinski definition) is 5. The van der Waals surface area contributed by atoms with Gasteiger partial charge in [0.1, 0.15) is 0 Å². The summed E-state index contributed by atoms with van der Waals surface area (Å²) in [5, 5.41) is 4.64. The van der Waals surface area contributed by atoms with Gasteiger partial charge in [-0.25, -0.2) is 0 Å². The average Bonchev–Trinajstić information content (AvgIpc) is 3.14. The number of methoxy groups -OCH3 is 1. The third kappa shape index (κ3) is 6.10. The fourth-order valence-corrected chi connectivity index (χ4v) is 3.21. The van der Waals surface area contributed by atoms with Crippen LogP contribution in [0.3, 0.4) is 0 Å². The van der Waals surface area contributed by atoms with Gasteiger partial charge in [-0.05, 0) is 29.1 Å². The summed E-state index contributed by atoms with van der Waals surface area (Å²) in [5.74, 6) is -0.747. The molecule has 132 valence electrons. The summed E-state index contributed by atoms with van der Waals surface area (Å²) in [6.45, 7) is 0. The van der Waals surface area contributed by atoms with E-state index >= 15 is 0 Å². The van der Waals surface area contributed by atoms with Crippen LogP contribution in [0.2, 0.25) is 0 Å². The minimum absolute atomic E-state index is 0.0305. The highest BCUT2D eigenvalue weighted by Crippen LogP contribution is 2.21. The first-order valence-electron chi connectivity index (χ1n) is 7.68. The normalized spacial score (nSPS) is 11.6. The molecule has 25 heavy (non-hydrogen) atoms. The van der Waals surface area contributed by atoms with Gasteiger partial charge in [-0.15, -0.1) is 11.3 Å². The van der Waals surface area contributed by atoms with Crippen LogP contribution in [0, 0.1) is 0 Å². The van der Waals surface area contributed by atoms with Crippen LogP contribution < -0.4 is 5.32 Å². The number of halogens is 1. The van der Waals surface area contributed by atoms with Gasteiger partial charge in [0.2, 0.25) is 5.91 Å². The van der Waals surface area contributed by atoms with E-state index < -0.39 is 12.0 Å². The lowest BCUT2D eigenvalue weighted by Crippen LogP contribution is -2.30. The predicted octanol–water partition coefficient (Wildman–Crippen LogP) is 3.89. The lowest BCUT2D eigenvalue weighted by molar-refractivity contribution is -0.141. The molecule has 0 spiro atoms. The van der Waals surface area contributed by atoms with E-state index in [0.717, 1.165) is 10.0 Å². The van der Waals surface area contributed by atoms with Gasteiger partial charge in [0.15, 0.2) is 5.78 Å². The van der Waals surface area contributed by atoms with Crippen LogP contribution in [0.4, 0.5) is 0 Å². The maximum Gasteiger partial charge on any atom is 0.307 e. The van der Waals surface area contributed by atoms with Crippen molar-refractivity contribution < 1.29 is 19.1 Å². The Labute approximate surface area is 158 Å². The molecule has 2 aromatic rings. The minimum Gasteiger partial charge on any atom is -0.469 e. The van der Waals surface area contributed by atoms with Gasteiger partial charge in [-0.3, -0.25) is 14.4 Å². The van der Waals surface area contributed by atoms with Gasteiger partial charge in [0.25, 0.3) is 0 Å². The van der Waals surface area contributed by atoms with E-state index in [1.807, 2.05) is 29.6 Å². The lowest BCUT2D eigenvalue weighted by atomic mass is 10.0. The van der Waals surface area contributed by atoms with Crippen LogP contribution in [0.5, 0.6) is 0 Å². The molecule has 0 aliphatic heterocycles. The van der Waals surface area contributed by atoms with E-state index in [1.165, 1.54) is 18.4 Å². The van der Waals surface area contributed by atoms with Crippen molar-refractivity contribution in [2.24, 2.45) is 0 Å². The van der Waals surface area contributed by atoms with Crippen LogP contribution in [0.25, 0.3) is 0 Å². The SMILES string of the molecule is COC(=O)CC(NC(=O)CCC(=O)c1cccs1)c1ccc(Br)cc1. The lowest BCUT2D eigenvalue weighted by Gasteiger charge is -2.18. The van der Waals surface area contributed by atoms with E-state index in [9.17, 15) is 14.4 Å². The Kier molecular flexibility index (Phi) is 7.33. The van der Waals surface area contributed by atoms with Crippen molar-refractivity contribution in [2.45, 2.75) is 25.3 Å². The summed E-state index contributed by atoms with van der Waals surface area (Å²) in [6.07, 6.45) is 0.241. The molecule has 0 bridgehead atoms. The Morgan fingerprint density at radius 2 is 1.88 bits per heavy atom. The Morgan fingerprint density at radius 3 is 2.48 bits per heavy atom. The van der Waals surface area contributed by atoms with E-state index in [2.05, 4.69) is 21.2 Å². The van der Waals surface area contributed by atoms with Gasteiger partial charge in [-0.2, -0.15) is 0 Å². The zero-order valence-electron chi connectivity index (χ0n) is 13.7. The monoisotopic (exact) mass is 423 g/mol. The summed E-state index contributed by atoms with van der Waals surface area (Å²) >= 11 is 4.71. The summed E-state index contributed by atoms with van der Waals surface area (Å²) in [6, 6.07) is 10.4. The molecule has 0 saturated heterocycles. The first kappa shape index (κ1) is 19.3. The number of thiophene rings is 1. The molecular formula is C18H18BrNO4S. The highest BCUT2D eigenvalue weighted by molar-refractivity contribution is 9.10. The Hall–Kier alpha value is -1.99. The highest BCUT2D eigenvalue weighted by Gasteiger charge is 2.19. The molecule has 1 aromatic carbocycles. The van der Waals surface area contributed by atoms with Crippen molar-refractivity contribution in [1.82, 2.24) is 5.32 Å². The van der Waals surface area contributed by atoms with Crippen molar-refractivity contribution in [3.8, 4) is 0 Å². The quantitative estimate of drug-likeness (QED) is 0.516. The van der Waals surface area contributed by atoms with E-state index in [1.54, 1.807) is 12.1 Å². The van der Waals surface area contributed by atoms with Crippen molar-refractivity contribution in [3.05, 3.63) is 56.7 Å². The standard InChI is InChI=1S/C18H18BrNO4S/c1-24-18(23)11-14(12-4-6-13(19)7-5-12)20-17(22)9-8-15(21)16-3-2-10-25-16/h2-7,10,14H,8-9,11H2,1H3,(H,20,22). The number of esters is 1. The largest absolute Gasteiger partial charge is 0.469 e. The molecule has 2 rings (SSSR count). The van der Waals surface area contributed by atoms with Crippen LogP contribution in [0.1, 0.15) is 40.5 Å². The van der Waals surface area contributed by atoms with Gasteiger partial charge >= 0.3 is 5.97 Å². The zero-order chi connectivity index (χ0) is 18.2. The number of amides is 1. The molecule has 1 atom stereocenters. The molecular weight excluding hydrogens is 406 g/mol. The first-order chi connectivity index (χ1) is 12.0. The van der Waals surface area contributed by atoms with E-state index in [4.69, 9.17) is 4.74 Å². The van der Waals surface area contributed by atoms with Crippen molar-refractivity contribution in [3.63, 3.8) is 0 Å². The van der Waals surface area contributed by atoms with Crippen molar-refractivity contribution in [1.29, 1.82) is 0 Å². The van der Waals surface area contributed by atoms with Crippen LogP contribution in [-0.2, 0) is 14.3 Å². The van der Waals surface area contributed by atoms with Crippen LogP contribution in [-0.4, -0.2) is 24.8 Å². The molecule has 0 radical (unpaired) electrons. The first-order valence-corrected chi connectivity index (χ1v) is 9.35. The third-order valence-corrected chi connectivity index (χ3v) is 5.02. The maximum absolute atomic E-state index is 12.2. The number of rotatable bonds is 8. The van der Waals surface area contributed by atoms with Crippen molar-refractivity contribution >= 4 is 44.9 Å². The third-order valence-electron chi connectivity index (χ3n) is 3.58. The maximum atomic E-state index is 12.2. The van der Waals surface area contributed by atoms with Gasteiger partial charge in [0, 0.05) is 17.3 Å². The average molecular weight is 424 g/mol. The van der Waals surface area contributed by atoms with Crippen molar-refractivity contribution in [2.75, 3.05) is 7.11 Å². The van der Waals surface area contributed by atoms with Crippen LogP contribution >= 0.6 is 27.3 Å². The second-order valence-corrected chi connectivity index (χ2v) is 7.22. The molecule has 0 aliphatic carbocycles. The fourth-order valence-electron chi connectivity index (χ4n) is 2.25. The molecule has 1 aromatic heterocycles. The summed E-state index contributed by atoms with van der Waals surface area (Å²) in [5.41, 5.74) is 0.798. The predicted molar refractivity (Wildman–Crippen MR) is 99.5 cm³/mol. The van der Waals surface area contributed by atoms with Gasteiger partial charge in [0.05, 0.1) is 24.4 Å². The minimum atomic E-state index is -0.495. The summed E-state index contributed by atoms with van der Waals surface area (Å²) in [7, 11) is 1.31. The Morgan fingerprint density at radius 1 is 1.16 bits per heavy atom. The number of Topliss-reactive ketones (excluding diaryl/α,β-unsaturated/α-hetero) is 1. The second-order valence-electron chi connectivity index (χ2n) is 5.35. The number of carbonyl (C=O) groups excluding carboxylic acids is 3. The fraction of sp³-hybridized carbons (Fsp3) is 0.278. The Bertz CT molecular complexity index is 728. The number of carbonyl (C=O) groups is 3. The molecule has 1 amide bonds. The number of hydrogen-bond donors (Lipinski definition) is 1. The number of ketones is 1. The molecule has 0 saturated carbocycles. The van der Waals surface area contributed by atoms with Gasteiger partial charge < -0.3 is 10.1 Å². The molecule has 1 heterocycles. The van der Waals surface area contributed by atoms with E-state index in [-0.39, 0.29) is 31.0 Å². The van der Waals surface area contributed by atoms with E-state index in [0.29, 0.717) is 4.88 Å². The zero-order valence-corrected chi connectivity index (χ0v) is 16.1. The molecule has 1 N–H and O–H groups in total. The molecule has 1 unspecified atom stereocenters. The topological polar surface area (TPSA) is 72.5 Å². The smallest absolute Gasteiger partial charge is 0.307 e. The number of ether oxygens (including phenoxy) is 1. The summed E-state index contributed by atoms with van der Waals surface area (Å²) < 4.78 is 5.61. The molecule has 7 heteroatoms. The molecule has 0 fully saturated rings. The van der Waals surface area contributed by atoms with Gasteiger partial charge in [-0.1, -0.05) is 34.1 Å². The number of nitrogens with one attached hydrogen (secondary N) is 1. The second kappa shape index (κ2) is 9.48. The number of benzene rings is 1. The van der Waals surface area contributed by atoms with Crippen LogP contribution in [0.15, 0.2) is 46.3 Å².